The third-order valence-electron chi connectivity index (χ3n) is 6.75. The molecule has 2 aliphatic heterocycles. The normalized spacial score (nSPS) is 19.6. The predicted octanol–water partition coefficient (Wildman–Crippen LogP) is 4.54. The number of benzene rings is 1. The summed E-state index contributed by atoms with van der Waals surface area (Å²) in [6, 6.07) is 5.08. The number of aryl methyl sites for hydroxylation is 1. The van der Waals surface area contributed by atoms with Gasteiger partial charge in [-0.2, -0.15) is 0 Å². The van der Waals surface area contributed by atoms with Gasteiger partial charge in [0.1, 0.15) is 11.5 Å². The van der Waals surface area contributed by atoms with E-state index in [4.69, 9.17) is 9.47 Å². The van der Waals surface area contributed by atoms with Crippen LogP contribution in [0.5, 0.6) is 0 Å². The second kappa shape index (κ2) is 8.79. The topological polar surface area (TPSA) is 78.6 Å². The molecule has 1 saturated heterocycles. The monoisotopic (exact) mass is 494 g/mol. The second-order valence-corrected chi connectivity index (χ2v) is 9.10. The van der Waals surface area contributed by atoms with Crippen LogP contribution in [0, 0.1) is 24.4 Å². The molecule has 0 radical (unpaired) electrons. The van der Waals surface area contributed by atoms with Crippen molar-refractivity contribution in [3.05, 3.63) is 92.7 Å². The van der Waals surface area contributed by atoms with Crippen LogP contribution >= 0.6 is 0 Å². The smallest absolute Gasteiger partial charge is 0.263 e. The van der Waals surface area contributed by atoms with E-state index in [9.17, 15) is 18.0 Å². The van der Waals surface area contributed by atoms with Gasteiger partial charge in [0.25, 0.3) is 5.56 Å². The van der Waals surface area contributed by atoms with Crippen molar-refractivity contribution in [3.63, 3.8) is 0 Å². The summed E-state index contributed by atoms with van der Waals surface area (Å²) in [5, 5.41) is 0. The summed E-state index contributed by atoms with van der Waals surface area (Å²) in [6.45, 7) is 2.61. The van der Waals surface area contributed by atoms with Gasteiger partial charge in [-0.05, 0) is 43.5 Å². The van der Waals surface area contributed by atoms with Crippen LogP contribution < -0.4 is 5.56 Å². The minimum atomic E-state index is -1.31. The minimum Gasteiger partial charge on any atom is -0.373 e. The summed E-state index contributed by atoms with van der Waals surface area (Å²) >= 11 is 0. The minimum absolute atomic E-state index is 0.0292. The Morgan fingerprint density at radius 3 is 2.72 bits per heavy atom. The van der Waals surface area contributed by atoms with E-state index in [0.717, 1.165) is 17.3 Å². The average molecular weight is 494 g/mol. The Kier molecular flexibility index (Phi) is 5.57. The number of ether oxygens (including phenoxy) is 2. The molecule has 1 fully saturated rings. The van der Waals surface area contributed by atoms with Gasteiger partial charge in [-0.3, -0.25) is 14.2 Å². The first-order valence-corrected chi connectivity index (χ1v) is 11.6. The third-order valence-corrected chi connectivity index (χ3v) is 6.75. The van der Waals surface area contributed by atoms with Crippen LogP contribution in [0.2, 0.25) is 0 Å². The first-order valence-electron chi connectivity index (χ1n) is 11.6. The van der Waals surface area contributed by atoms with Gasteiger partial charge >= 0.3 is 0 Å². The van der Waals surface area contributed by atoms with E-state index in [1.54, 1.807) is 12.4 Å². The molecule has 0 saturated carbocycles. The second-order valence-electron chi connectivity index (χ2n) is 9.10. The van der Waals surface area contributed by atoms with Crippen molar-refractivity contribution in [3.8, 4) is 11.3 Å². The number of hydrogen-bond donors (Lipinski definition) is 0. The van der Waals surface area contributed by atoms with Crippen molar-refractivity contribution in [1.29, 1.82) is 0 Å². The Hall–Kier alpha value is -3.63. The maximum absolute atomic E-state index is 14.9. The van der Waals surface area contributed by atoms with Crippen molar-refractivity contribution in [2.45, 2.75) is 45.0 Å². The molecule has 0 amide bonds. The molecule has 6 rings (SSSR count). The van der Waals surface area contributed by atoms with Gasteiger partial charge in [0.2, 0.25) is 0 Å². The molecule has 3 aromatic heterocycles. The van der Waals surface area contributed by atoms with Gasteiger partial charge in [-0.15, -0.1) is 0 Å². The van der Waals surface area contributed by atoms with E-state index in [1.807, 2.05) is 19.1 Å². The number of nitrogens with zero attached hydrogens (tertiary/aromatic N) is 4. The highest BCUT2D eigenvalue weighted by molar-refractivity contribution is 5.74. The summed E-state index contributed by atoms with van der Waals surface area (Å²) in [4.78, 5) is 26.7. The van der Waals surface area contributed by atoms with Gasteiger partial charge in [-0.1, -0.05) is 0 Å². The number of rotatable bonds is 3. The van der Waals surface area contributed by atoms with E-state index in [-0.39, 0.29) is 47.7 Å². The molecule has 2 unspecified atom stereocenters. The Morgan fingerprint density at radius 2 is 1.89 bits per heavy atom. The molecule has 1 aromatic carbocycles. The Balaban J connectivity index is 1.52. The zero-order valence-corrected chi connectivity index (χ0v) is 19.3. The van der Waals surface area contributed by atoms with Crippen molar-refractivity contribution < 1.29 is 22.6 Å². The van der Waals surface area contributed by atoms with Crippen LogP contribution in [0.25, 0.3) is 16.9 Å². The number of aromatic nitrogens is 4. The van der Waals surface area contributed by atoms with E-state index in [1.165, 1.54) is 4.40 Å². The molecule has 2 atom stereocenters. The van der Waals surface area contributed by atoms with Crippen molar-refractivity contribution >= 4 is 5.65 Å². The fraction of sp³-hybridized carbons (Fsp3) is 0.308. The summed E-state index contributed by atoms with van der Waals surface area (Å²) in [5.41, 5.74) is 2.62. The lowest BCUT2D eigenvalue weighted by Gasteiger charge is -2.30. The lowest BCUT2D eigenvalue weighted by atomic mass is 9.89. The predicted molar refractivity (Wildman–Crippen MR) is 123 cm³/mol. The van der Waals surface area contributed by atoms with Gasteiger partial charge in [0.05, 0.1) is 36.3 Å². The van der Waals surface area contributed by atoms with Crippen molar-refractivity contribution in [1.82, 2.24) is 19.4 Å². The van der Waals surface area contributed by atoms with Gasteiger partial charge in [0.15, 0.2) is 17.3 Å². The van der Waals surface area contributed by atoms with Crippen LogP contribution in [0.3, 0.4) is 0 Å². The van der Waals surface area contributed by atoms with Crippen LogP contribution in [0.1, 0.15) is 53.1 Å². The summed E-state index contributed by atoms with van der Waals surface area (Å²) < 4.78 is 55.5. The average Bonchev–Trinajstić information content (AvgIpc) is 3.35. The van der Waals surface area contributed by atoms with Crippen LogP contribution in [0.15, 0.2) is 41.5 Å². The molecule has 184 valence electrons. The number of fused-ring (bicyclic) bond motifs is 2. The highest BCUT2D eigenvalue weighted by Crippen LogP contribution is 2.38. The molecular weight excluding hydrogens is 473 g/mol. The number of hydrogen-bond acceptors (Lipinski definition) is 6. The molecular formula is C26H21F3N4O3. The fourth-order valence-corrected chi connectivity index (χ4v) is 4.90. The van der Waals surface area contributed by atoms with Crippen LogP contribution in [-0.4, -0.2) is 26.0 Å². The zero-order valence-electron chi connectivity index (χ0n) is 19.3. The van der Waals surface area contributed by atoms with Gasteiger partial charge in [-0.25, -0.2) is 23.1 Å². The fourth-order valence-electron chi connectivity index (χ4n) is 4.90. The molecule has 0 spiro atoms. The Labute approximate surface area is 203 Å². The molecule has 4 aromatic rings. The first kappa shape index (κ1) is 22.8. The zero-order chi connectivity index (χ0) is 25.0. The van der Waals surface area contributed by atoms with E-state index in [0.29, 0.717) is 42.5 Å². The molecule has 2 aliphatic rings. The highest BCUT2D eigenvalue weighted by Gasteiger charge is 2.29. The third kappa shape index (κ3) is 3.86. The Morgan fingerprint density at radius 1 is 1.06 bits per heavy atom. The summed E-state index contributed by atoms with van der Waals surface area (Å²) in [6.07, 6.45) is 4.31. The van der Waals surface area contributed by atoms with Crippen LogP contribution in [-0.2, 0) is 22.7 Å². The lowest BCUT2D eigenvalue weighted by Crippen LogP contribution is -2.24. The van der Waals surface area contributed by atoms with E-state index >= 15 is 0 Å². The molecule has 5 heterocycles. The van der Waals surface area contributed by atoms with E-state index in [2.05, 4.69) is 15.0 Å². The molecule has 0 N–H and O–H groups in total. The summed E-state index contributed by atoms with van der Waals surface area (Å²) in [7, 11) is 0. The van der Waals surface area contributed by atoms with Crippen molar-refractivity contribution in [2.24, 2.45) is 0 Å². The largest absolute Gasteiger partial charge is 0.373 e. The maximum Gasteiger partial charge on any atom is 0.263 e. The Bertz CT molecular complexity index is 1570. The number of halogens is 3. The molecule has 0 aliphatic carbocycles. The number of pyridine rings is 1. The highest BCUT2D eigenvalue weighted by atomic mass is 19.2. The van der Waals surface area contributed by atoms with Gasteiger partial charge in [0, 0.05) is 42.2 Å². The van der Waals surface area contributed by atoms with Crippen LogP contribution in [0.4, 0.5) is 13.2 Å². The lowest BCUT2D eigenvalue weighted by molar-refractivity contribution is 0.00451. The summed E-state index contributed by atoms with van der Waals surface area (Å²) in [5.74, 6) is -3.66. The van der Waals surface area contributed by atoms with E-state index < -0.39 is 17.5 Å². The van der Waals surface area contributed by atoms with Gasteiger partial charge < -0.3 is 9.47 Å². The molecule has 36 heavy (non-hydrogen) atoms. The SMILES string of the molecule is Cc1cc(C2CC(c3cn4c(=O)c5c(nc4c(-c4cc(F)c(F)cc4F)n3)COC5)CCO2)ccn1. The molecule has 7 nitrogen and oxygen atoms in total. The van der Waals surface area contributed by atoms with Crippen molar-refractivity contribution in [2.75, 3.05) is 6.61 Å². The standard InChI is InChI=1S/C26H21F3N4O3/c1-13-6-15(2-4-30-13)23-7-14(3-5-36-23)21-10-33-25(32-22-12-35-11-17(22)26(33)34)24(31-21)16-8-19(28)20(29)9-18(16)27/h2,4,6,8-10,14,23H,3,5,7,11-12H2,1H3. The first-order chi connectivity index (χ1) is 17.4. The molecule has 0 bridgehead atoms. The molecule has 10 heteroatoms. The maximum atomic E-state index is 14.9. The quantitative estimate of drug-likeness (QED) is 0.389.